The summed E-state index contributed by atoms with van der Waals surface area (Å²) in [6, 6.07) is 9.32. The Morgan fingerprint density at radius 3 is 2.74 bits per heavy atom. The number of piperidine rings is 1. The highest BCUT2D eigenvalue weighted by Gasteiger charge is 2.25. The Kier molecular flexibility index (Phi) is 5.37. The van der Waals surface area contributed by atoms with E-state index in [1.165, 1.54) is 30.4 Å². The molecule has 1 aromatic rings. The van der Waals surface area contributed by atoms with Gasteiger partial charge in [0.1, 0.15) is 0 Å². The number of benzene rings is 1. The highest BCUT2D eigenvalue weighted by Crippen LogP contribution is 2.22. The summed E-state index contributed by atoms with van der Waals surface area (Å²) in [7, 11) is 1.75. The van der Waals surface area contributed by atoms with Crippen molar-refractivity contribution >= 4 is 0 Å². The number of hydrogen-bond acceptors (Lipinski definition) is 3. The van der Waals surface area contributed by atoms with E-state index in [1.807, 2.05) is 0 Å². The van der Waals surface area contributed by atoms with Crippen LogP contribution < -0.4 is 5.73 Å². The second kappa shape index (κ2) is 7.04. The molecule has 0 amide bonds. The lowest BCUT2D eigenvalue weighted by atomic mass is 9.95. The van der Waals surface area contributed by atoms with E-state index in [0.717, 1.165) is 13.1 Å². The zero-order chi connectivity index (χ0) is 13.7. The predicted octanol–water partition coefficient (Wildman–Crippen LogP) is 2.53. The van der Waals surface area contributed by atoms with E-state index in [2.05, 4.69) is 36.1 Å². The summed E-state index contributed by atoms with van der Waals surface area (Å²) in [6.07, 6.45) is 3.82. The van der Waals surface area contributed by atoms with Crippen molar-refractivity contribution < 1.29 is 4.74 Å². The predicted molar refractivity (Wildman–Crippen MR) is 78.9 cm³/mol. The van der Waals surface area contributed by atoms with Crippen LogP contribution in [0.2, 0.25) is 0 Å². The molecule has 0 bridgehead atoms. The monoisotopic (exact) mass is 262 g/mol. The Morgan fingerprint density at radius 2 is 2.05 bits per heavy atom. The van der Waals surface area contributed by atoms with Gasteiger partial charge in [-0.1, -0.05) is 30.7 Å². The van der Waals surface area contributed by atoms with Gasteiger partial charge in [-0.3, -0.25) is 4.90 Å². The fourth-order valence-electron chi connectivity index (χ4n) is 3.04. The summed E-state index contributed by atoms with van der Waals surface area (Å²) < 4.78 is 5.29. The molecule has 1 heterocycles. The molecular formula is C16H26N2O. The molecule has 1 fully saturated rings. The summed E-state index contributed by atoms with van der Waals surface area (Å²) in [5.41, 5.74) is 8.80. The Labute approximate surface area is 116 Å². The van der Waals surface area contributed by atoms with E-state index < -0.39 is 0 Å². The Morgan fingerprint density at radius 1 is 1.32 bits per heavy atom. The maximum Gasteiger partial charge on any atom is 0.0716 e. The van der Waals surface area contributed by atoms with Gasteiger partial charge in [0, 0.05) is 25.7 Å². The van der Waals surface area contributed by atoms with Gasteiger partial charge in [-0.2, -0.15) is 0 Å². The van der Waals surface area contributed by atoms with Gasteiger partial charge in [0.25, 0.3) is 0 Å². The number of hydrogen-bond donors (Lipinski definition) is 1. The molecule has 19 heavy (non-hydrogen) atoms. The van der Waals surface area contributed by atoms with Crippen LogP contribution in [-0.2, 0) is 17.9 Å². The highest BCUT2D eigenvalue weighted by atomic mass is 16.5. The molecule has 1 aliphatic rings. The van der Waals surface area contributed by atoms with Gasteiger partial charge in [-0.25, -0.2) is 0 Å². The average molecular weight is 262 g/mol. The number of rotatable bonds is 5. The molecule has 1 aliphatic heterocycles. The Hall–Kier alpha value is -0.900. The van der Waals surface area contributed by atoms with Crippen molar-refractivity contribution in [3.8, 4) is 0 Å². The van der Waals surface area contributed by atoms with Crippen LogP contribution >= 0.6 is 0 Å². The molecule has 0 aliphatic carbocycles. The molecular weight excluding hydrogens is 236 g/mol. The quantitative estimate of drug-likeness (QED) is 0.886. The van der Waals surface area contributed by atoms with Crippen molar-refractivity contribution in [1.29, 1.82) is 0 Å². The third kappa shape index (κ3) is 3.78. The van der Waals surface area contributed by atoms with Gasteiger partial charge < -0.3 is 10.5 Å². The van der Waals surface area contributed by atoms with Gasteiger partial charge in [-0.05, 0) is 37.4 Å². The normalized spacial score (nSPS) is 22.4. The molecule has 3 heteroatoms. The van der Waals surface area contributed by atoms with Crippen molar-refractivity contribution in [2.45, 2.75) is 51.4 Å². The fraction of sp³-hybridized carbons (Fsp3) is 0.625. The van der Waals surface area contributed by atoms with Crippen LogP contribution in [0.5, 0.6) is 0 Å². The first-order chi connectivity index (χ1) is 9.22. The molecule has 2 atom stereocenters. The molecule has 0 saturated carbocycles. The second-order valence-electron chi connectivity index (χ2n) is 5.59. The van der Waals surface area contributed by atoms with Crippen LogP contribution in [-0.4, -0.2) is 30.6 Å². The minimum atomic E-state index is 0.245. The minimum Gasteiger partial charge on any atom is -0.380 e. The summed E-state index contributed by atoms with van der Waals surface area (Å²) in [5, 5.41) is 0. The van der Waals surface area contributed by atoms with Crippen LogP contribution in [0.1, 0.15) is 37.3 Å². The van der Waals surface area contributed by atoms with Crippen molar-refractivity contribution in [3.05, 3.63) is 35.4 Å². The van der Waals surface area contributed by atoms with E-state index >= 15 is 0 Å². The molecule has 2 N–H and O–H groups in total. The molecule has 0 radical (unpaired) electrons. The maximum atomic E-state index is 6.14. The first-order valence-electron chi connectivity index (χ1n) is 7.27. The lowest BCUT2D eigenvalue weighted by Crippen LogP contribution is -2.48. The third-order valence-corrected chi connectivity index (χ3v) is 4.06. The van der Waals surface area contributed by atoms with E-state index in [-0.39, 0.29) is 6.04 Å². The molecule has 2 unspecified atom stereocenters. The molecule has 1 aromatic carbocycles. The Bertz CT molecular complexity index is 392. The van der Waals surface area contributed by atoms with Crippen LogP contribution in [0.4, 0.5) is 0 Å². The van der Waals surface area contributed by atoms with Crippen LogP contribution in [0, 0.1) is 0 Å². The number of nitrogens with two attached hydrogens (primary N) is 1. The second-order valence-corrected chi connectivity index (χ2v) is 5.59. The average Bonchev–Trinajstić information content (AvgIpc) is 2.42. The summed E-state index contributed by atoms with van der Waals surface area (Å²) in [4.78, 5) is 2.54. The molecule has 2 rings (SSSR count). The first-order valence-corrected chi connectivity index (χ1v) is 7.27. The van der Waals surface area contributed by atoms with E-state index in [1.54, 1.807) is 7.11 Å². The maximum absolute atomic E-state index is 6.14. The summed E-state index contributed by atoms with van der Waals surface area (Å²) >= 11 is 0. The number of nitrogens with zero attached hydrogens (tertiary/aromatic N) is 1. The van der Waals surface area contributed by atoms with E-state index in [9.17, 15) is 0 Å². The smallest absolute Gasteiger partial charge is 0.0716 e. The summed E-state index contributed by atoms with van der Waals surface area (Å²) in [5.74, 6) is 0. The zero-order valence-corrected chi connectivity index (χ0v) is 12.1. The molecule has 3 nitrogen and oxygen atoms in total. The zero-order valence-electron chi connectivity index (χ0n) is 12.1. The van der Waals surface area contributed by atoms with Gasteiger partial charge in [-0.15, -0.1) is 0 Å². The van der Waals surface area contributed by atoms with Crippen molar-refractivity contribution in [3.63, 3.8) is 0 Å². The Balaban J connectivity index is 2.10. The van der Waals surface area contributed by atoms with E-state index in [0.29, 0.717) is 12.6 Å². The largest absolute Gasteiger partial charge is 0.380 e. The number of ether oxygens (including phenoxy) is 1. The standard InChI is InChI=1S/C16H26N2O/c1-13(17)16-9-5-6-10-18(16)11-14-7-3-4-8-15(14)12-19-2/h3-4,7-8,13,16H,5-6,9-12,17H2,1-2H3. The van der Waals surface area contributed by atoms with Gasteiger partial charge >= 0.3 is 0 Å². The molecule has 0 aromatic heterocycles. The molecule has 106 valence electrons. The molecule has 1 saturated heterocycles. The lowest BCUT2D eigenvalue weighted by Gasteiger charge is -2.38. The van der Waals surface area contributed by atoms with Gasteiger partial charge in [0.2, 0.25) is 0 Å². The van der Waals surface area contributed by atoms with Crippen molar-refractivity contribution in [1.82, 2.24) is 4.90 Å². The number of likely N-dealkylation sites (tertiary alicyclic amines) is 1. The minimum absolute atomic E-state index is 0.245. The van der Waals surface area contributed by atoms with Crippen LogP contribution in [0.3, 0.4) is 0 Å². The topological polar surface area (TPSA) is 38.5 Å². The van der Waals surface area contributed by atoms with E-state index in [4.69, 9.17) is 10.5 Å². The van der Waals surface area contributed by atoms with Crippen molar-refractivity contribution in [2.24, 2.45) is 5.73 Å². The highest BCUT2D eigenvalue weighted by molar-refractivity contribution is 5.26. The summed E-state index contributed by atoms with van der Waals surface area (Å²) in [6.45, 7) is 4.97. The molecule has 0 spiro atoms. The fourth-order valence-corrected chi connectivity index (χ4v) is 3.04. The van der Waals surface area contributed by atoms with Crippen LogP contribution in [0.15, 0.2) is 24.3 Å². The van der Waals surface area contributed by atoms with Gasteiger partial charge in [0.15, 0.2) is 0 Å². The SMILES string of the molecule is COCc1ccccc1CN1CCCCC1C(C)N. The van der Waals surface area contributed by atoms with Gasteiger partial charge in [0.05, 0.1) is 6.61 Å². The lowest BCUT2D eigenvalue weighted by molar-refractivity contribution is 0.121. The third-order valence-electron chi connectivity index (χ3n) is 4.06. The van der Waals surface area contributed by atoms with Crippen molar-refractivity contribution in [2.75, 3.05) is 13.7 Å². The van der Waals surface area contributed by atoms with Crippen LogP contribution in [0.25, 0.3) is 0 Å². The first kappa shape index (κ1) is 14.5. The number of methoxy groups -OCH3 is 1.